The maximum absolute atomic E-state index is 9.68. The highest BCUT2D eigenvalue weighted by molar-refractivity contribution is 5.42. The van der Waals surface area contributed by atoms with Gasteiger partial charge >= 0.3 is 0 Å². The van der Waals surface area contributed by atoms with Crippen molar-refractivity contribution >= 4 is 0 Å². The monoisotopic (exact) mass is 277 g/mol. The summed E-state index contributed by atoms with van der Waals surface area (Å²) < 4.78 is 5.20. The molecule has 0 heterocycles. The quantitative estimate of drug-likeness (QED) is 0.884. The standard InChI is InChI=1S/C17H27NO2/c1-13(15-9-10-16(19)17(11-15)20-3)18(2)12-14-7-5-4-6-8-14/h9-11,13-14,19H,4-8,12H2,1-3H3. The second-order valence-electron chi connectivity index (χ2n) is 6.05. The molecule has 1 saturated carbocycles. The maximum Gasteiger partial charge on any atom is 0.160 e. The fourth-order valence-electron chi connectivity index (χ4n) is 3.14. The van der Waals surface area contributed by atoms with E-state index in [1.165, 1.54) is 37.7 Å². The molecule has 1 aromatic carbocycles. The zero-order valence-corrected chi connectivity index (χ0v) is 12.9. The van der Waals surface area contributed by atoms with Crippen molar-refractivity contribution in [1.82, 2.24) is 4.90 Å². The number of aromatic hydroxyl groups is 1. The number of hydrogen-bond acceptors (Lipinski definition) is 3. The van der Waals surface area contributed by atoms with Crippen LogP contribution in [0.15, 0.2) is 18.2 Å². The van der Waals surface area contributed by atoms with Crippen LogP contribution >= 0.6 is 0 Å². The lowest BCUT2D eigenvalue weighted by molar-refractivity contribution is 0.192. The van der Waals surface area contributed by atoms with Crippen LogP contribution in [0, 0.1) is 5.92 Å². The predicted octanol–water partition coefficient (Wildman–Crippen LogP) is 3.97. The molecule has 0 saturated heterocycles. The van der Waals surface area contributed by atoms with E-state index in [0.717, 1.165) is 12.5 Å². The number of phenolic OH excluding ortho intramolecular Hbond substituents is 1. The Balaban J connectivity index is 2.00. The molecule has 0 amide bonds. The van der Waals surface area contributed by atoms with Gasteiger partial charge in [-0.2, -0.15) is 0 Å². The second kappa shape index (κ2) is 6.98. The average molecular weight is 277 g/mol. The highest BCUT2D eigenvalue weighted by atomic mass is 16.5. The number of nitrogens with zero attached hydrogens (tertiary/aromatic N) is 1. The number of benzene rings is 1. The molecular weight excluding hydrogens is 250 g/mol. The lowest BCUT2D eigenvalue weighted by atomic mass is 9.88. The van der Waals surface area contributed by atoms with Crippen LogP contribution in [0.2, 0.25) is 0 Å². The summed E-state index contributed by atoms with van der Waals surface area (Å²) >= 11 is 0. The Kier molecular flexibility index (Phi) is 5.30. The third-order valence-electron chi connectivity index (χ3n) is 4.62. The summed E-state index contributed by atoms with van der Waals surface area (Å²) in [4.78, 5) is 2.42. The fraction of sp³-hybridized carbons (Fsp3) is 0.647. The largest absolute Gasteiger partial charge is 0.504 e. The zero-order chi connectivity index (χ0) is 14.5. The first-order chi connectivity index (χ1) is 9.61. The Bertz CT molecular complexity index is 427. The van der Waals surface area contributed by atoms with E-state index >= 15 is 0 Å². The van der Waals surface area contributed by atoms with Gasteiger partial charge in [-0.3, -0.25) is 4.90 Å². The molecule has 1 fully saturated rings. The van der Waals surface area contributed by atoms with Crippen LogP contribution in [0.3, 0.4) is 0 Å². The lowest BCUT2D eigenvalue weighted by Crippen LogP contribution is -2.29. The lowest BCUT2D eigenvalue weighted by Gasteiger charge is -2.31. The molecule has 0 spiro atoms. The molecule has 1 N–H and O–H groups in total. The van der Waals surface area contributed by atoms with Crippen LogP contribution in [0.4, 0.5) is 0 Å². The Labute approximate surface area is 122 Å². The molecule has 3 nitrogen and oxygen atoms in total. The van der Waals surface area contributed by atoms with Gasteiger partial charge in [0.15, 0.2) is 11.5 Å². The summed E-state index contributed by atoms with van der Waals surface area (Å²) in [6.45, 7) is 3.37. The van der Waals surface area contributed by atoms with Crippen molar-refractivity contribution in [3.05, 3.63) is 23.8 Å². The molecule has 0 bridgehead atoms. The third kappa shape index (κ3) is 3.66. The van der Waals surface area contributed by atoms with Crippen molar-refractivity contribution in [3.8, 4) is 11.5 Å². The van der Waals surface area contributed by atoms with E-state index < -0.39 is 0 Å². The number of rotatable bonds is 5. The summed E-state index contributed by atoms with van der Waals surface area (Å²) in [6.07, 6.45) is 6.93. The molecule has 0 radical (unpaired) electrons. The van der Waals surface area contributed by atoms with Gasteiger partial charge in [0.2, 0.25) is 0 Å². The van der Waals surface area contributed by atoms with Crippen molar-refractivity contribution in [2.45, 2.75) is 45.1 Å². The van der Waals surface area contributed by atoms with Gasteiger partial charge in [0, 0.05) is 12.6 Å². The van der Waals surface area contributed by atoms with E-state index in [1.807, 2.05) is 12.1 Å². The zero-order valence-electron chi connectivity index (χ0n) is 12.9. The van der Waals surface area contributed by atoms with Crippen LogP contribution in [-0.2, 0) is 0 Å². The van der Waals surface area contributed by atoms with E-state index in [-0.39, 0.29) is 5.75 Å². The first-order valence-electron chi connectivity index (χ1n) is 7.69. The molecule has 1 aliphatic rings. The van der Waals surface area contributed by atoms with E-state index in [0.29, 0.717) is 11.8 Å². The van der Waals surface area contributed by atoms with Crippen molar-refractivity contribution in [2.75, 3.05) is 20.7 Å². The molecule has 20 heavy (non-hydrogen) atoms. The Hall–Kier alpha value is -1.22. The first-order valence-corrected chi connectivity index (χ1v) is 7.69. The number of ether oxygens (including phenoxy) is 1. The van der Waals surface area contributed by atoms with E-state index in [2.05, 4.69) is 18.9 Å². The summed E-state index contributed by atoms with van der Waals surface area (Å²) in [6, 6.07) is 5.99. The summed E-state index contributed by atoms with van der Waals surface area (Å²) in [5.74, 6) is 1.61. The van der Waals surface area contributed by atoms with E-state index in [4.69, 9.17) is 4.74 Å². The smallest absolute Gasteiger partial charge is 0.160 e. The minimum Gasteiger partial charge on any atom is -0.504 e. The summed E-state index contributed by atoms with van der Waals surface area (Å²) in [5.41, 5.74) is 1.19. The highest BCUT2D eigenvalue weighted by Gasteiger charge is 2.19. The van der Waals surface area contributed by atoms with Gasteiger partial charge in [0.05, 0.1) is 7.11 Å². The van der Waals surface area contributed by atoms with Crippen LogP contribution < -0.4 is 4.74 Å². The minimum atomic E-state index is 0.207. The van der Waals surface area contributed by atoms with Crippen LogP contribution in [0.25, 0.3) is 0 Å². The van der Waals surface area contributed by atoms with Gasteiger partial charge in [-0.05, 0) is 50.4 Å². The van der Waals surface area contributed by atoms with Gasteiger partial charge in [0.1, 0.15) is 0 Å². The van der Waals surface area contributed by atoms with E-state index in [9.17, 15) is 5.11 Å². The Morgan fingerprint density at radius 3 is 2.65 bits per heavy atom. The molecule has 0 aromatic heterocycles. The summed E-state index contributed by atoms with van der Waals surface area (Å²) in [5, 5.41) is 9.68. The summed E-state index contributed by atoms with van der Waals surface area (Å²) in [7, 11) is 3.79. The highest BCUT2D eigenvalue weighted by Crippen LogP contribution is 2.32. The molecule has 1 atom stereocenters. The van der Waals surface area contributed by atoms with Gasteiger partial charge in [-0.15, -0.1) is 0 Å². The maximum atomic E-state index is 9.68. The molecule has 112 valence electrons. The Morgan fingerprint density at radius 2 is 2.00 bits per heavy atom. The average Bonchev–Trinajstić information content (AvgIpc) is 2.48. The van der Waals surface area contributed by atoms with Crippen LogP contribution in [0.1, 0.15) is 50.6 Å². The van der Waals surface area contributed by atoms with Crippen molar-refractivity contribution in [3.63, 3.8) is 0 Å². The third-order valence-corrected chi connectivity index (χ3v) is 4.62. The number of methoxy groups -OCH3 is 1. The molecule has 1 aliphatic carbocycles. The number of phenols is 1. The second-order valence-corrected chi connectivity index (χ2v) is 6.05. The number of hydrogen-bond donors (Lipinski definition) is 1. The molecule has 0 aliphatic heterocycles. The molecule has 1 unspecified atom stereocenters. The van der Waals surface area contributed by atoms with Gasteiger partial charge < -0.3 is 9.84 Å². The van der Waals surface area contributed by atoms with E-state index in [1.54, 1.807) is 13.2 Å². The molecule has 3 heteroatoms. The predicted molar refractivity (Wildman–Crippen MR) is 82.3 cm³/mol. The molecule has 2 rings (SSSR count). The SMILES string of the molecule is COc1cc(C(C)N(C)CC2CCCCC2)ccc1O. The Morgan fingerprint density at radius 1 is 1.30 bits per heavy atom. The van der Waals surface area contributed by atoms with Crippen LogP contribution in [-0.4, -0.2) is 30.7 Å². The van der Waals surface area contributed by atoms with Crippen molar-refractivity contribution < 1.29 is 9.84 Å². The topological polar surface area (TPSA) is 32.7 Å². The minimum absolute atomic E-state index is 0.207. The molecule has 1 aromatic rings. The van der Waals surface area contributed by atoms with Gasteiger partial charge in [0.25, 0.3) is 0 Å². The van der Waals surface area contributed by atoms with Crippen LogP contribution in [0.5, 0.6) is 11.5 Å². The van der Waals surface area contributed by atoms with Crippen molar-refractivity contribution in [2.24, 2.45) is 5.92 Å². The van der Waals surface area contributed by atoms with Gasteiger partial charge in [-0.1, -0.05) is 25.3 Å². The van der Waals surface area contributed by atoms with Gasteiger partial charge in [-0.25, -0.2) is 0 Å². The first kappa shape index (κ1) is 15.2. The normalized spacial score (nSPS) is 18.2. The fourth-order valence-corrected chi connectivity index (χ4v) is 3.14. The molecular formula is C17H27NO2. The van der Waals surface area contributed by atoms with Crippen molar-refractivity contribution in [1.29, 1.82) is 0 Å².